The highest BCUT2D eigenvalue weighted by molar-refractivity contribution is 7.18. The molecule has 1 aliphatic rings. The number of methoxy groups -OCH3 is 1. The molecule has 30 heavy (non-hydrogen) atoms. The Hall–Kier alpha value is -3.52. The molecule has 0 saturated carbocycles. The maximum Gasteiger partial charge on any atom is 0.294 e. The van der Waals surface area contributed by atoms with Crippen molar-refractivity contribution in [3.8, 4) is 39.3 Å². The summed E-state index contributed by atoms with van der Waals surface area (Å²) >= 11 is 1.38. The van der Waals surface area contributed by atoms with Gasteiger partial charge in [-0.1, -0.05) is 29.8 Å². The van der Waals surface area contributed by atoms with Gasteiger partial charge in [-0.3, -0.25) is 0 Å². The van der Waals surface area contributed by atoms with Gasteiger partial charge in [0.2, 0.25) is 10.7 Å². The standard InChI is InChI=1S/C22H17N3O4S/c1-12-3-5-13(6-4-12)14-9-18-20(28-8-7-27-18)19-15(14)10-17(29-19)16-11-25-21(23-16)30-22(24-25)26-2/h3-6,9-11H,7-8H2,1-2H3. The van der Waals surface area contributed by atoms with Crippen LogP contribution in [0.3, 0.4) is 0 Å². The number of fused-ring (bicyclic) bond motifs is 4. The van der Waals surface area contributed by atoms with Crippen molar-refractivity contribution < 1.29 is 18.6 Å². The Balaban J connectivity index is 1.56. The summed E-state index contributed by atoms with van der Waals surface area (Å²) in [5.74, 6) is 1.99. The molecule has 150 valence electrons. The minimum Gasteiger partial charge on any atom is -0.486 e. The van der Waals surface area contributed by atoms with Crippen LogP contribution in [0.2, 0.25) is 0 Å². The first kappa shape index (κ1) is 17.3. The number of rotatable bonds is 3. The molecule has 0 unspecified atom stereocenters. The van der Waals surface area contributed by atoms with Gasteiger partial charge in [0, 0.05) is 5.39 Å². The predicted molar refractivity (Wildman–Crippen MR) is 114 cm³/mol. The highest BCUT2D eigenvalue weighted by Crippen LogP contribution is 2.46. The zero-order chi connectivity index (χ0) is 20.2. The predicted octanol–water partition coefficient (Wildman–Crippen LogP) is 4.96. The Labute approximate surface area is 175 Å². The van der Waals surface area contributed by atoms with Crippen LogP contribution in [-0.2, 0) is 0 Å². The van der Waals surface area contributed by atoms with Crippen LogP contribution < -0.4 is 14.2 Å². The normalized spacial score (nSPS) is 13.3. The van der Waals surface area contributed by atoms with Gasteiger partial charge >= 0.3 is 0 Å². The lowest BCUT2D eigenvalue weighted by Gasteiger charge is -2.19. The van der Waals surface area contributed by atoms with E-state index >= 15 is 0 Å². The van der Waals surface area contributed by atoms with E-state index in [2.05, 4.69) is 41.3 Å². The van der Waals surface area contributed by atoms with E-state index < -0.39 is 0 Å². The highest BCUT2D eigenvalue weighted by atomic mass is 32.1. The molecule has 7 nitrogen and oxygen atoms in total. The van der Waals surface area contributed by atoms with Crippen LogP contribution in [0.1, 0.15) is 5.56 Å². The summed E-state index contributed by atoms with van der Waals surface area (Å²) < 4.78 is 24.9. The SMILES string of the molecule is COc1nn2cc(-c3cc4c(-c5ccc(C)cc5)cc5c(c4o3)OCCO5)nc2s1. The van der Waals surface area contributed by atoms with E-state index in [-0.39, 0.29) is 0 Å². The van der Waals surface area contributed by atoms with Gasteiger partial charge in [-0.05, 0) is 41.5 Å². The van der Waals surface area contributed by atoms with E-state index in [4.69, 9.17) is 18.6 Å². The molecule has 0 N–H and O–H groups in total. The molecule has 0 amide bonds. The lowest BCUT2D eigenvalue weighted by atomic mass is 9.99. The Morgan fingerprint density at radius 2 is 1.93 bits per heavy atom. The van der Waals surface area contributed by atoms with Gasteiger partial charge < -0.3 is 18.6 Å². The highest BCUT2D eigenvalue weighted by Gasteiger charge is 2.24. The fraction of sp³-hybridized carbons (Fsp3) is 0.182. The summed E-state index contributed by atoms with van der Waals surface area (Å²) in [6.07, 6.45) is 1.83. The zero-order valence-corrected chi connectivity index (χ0v) is 17.2. The van der Waals surface area contributed by atoms with Gasteiger partial charge in [0.1, 0.15) is 18.9 Å². The van der Waals surface area contributed by atoms with E-state index in [1.807, 2.05) is 18.3 Å². The first-order valence-electron chi connectivity index (χ1n) is 9.53. The van der Waals surface area contributed by atoms with Gasteiger partial charge in [0.15, 0.2) is 17.1 Å². The number of hydrogen-bond acceptors (Lipinski definition) is 7. The molecule has 0 radical (unpaired) electrons. The maximum absolute atomic E-state index is 6.26. The smallest absolute Gasteiger partial charge is 0.294 e. The van der Waals surface area contributed by atoms with Crippen LogP contribution >= 0.6 is 11.3 Å². The van der Waals surface area contributed by atoms with E-state index in [1.54, 1.807) is 11.6 Å². The number of aromatic nitrogens is 3. The van der Waals surface area contributed by atoms with Crippen molar-refractivity contribution in [3.63, 3.8) is 0 Å². The molecule has 0 saturated heterocycles. The quantitative estimate of drug-likeness (QED) is 0.412. The van der Waals surface area contributed by atoms with Crippen molar-refractivity contribution >= 4 is 27.3 Å². The largest absolute Gasteiger partial charge is 0.486 e. The van der Waals surface area contributed by atoms with Crippen molar-refractivity contribution in [1.29, 1.82) is 0 Å². The Kier molecular flexibility index (Phi) is 3.76. The van der Waals surface area contributed by atoms with Gasteiger partial charge in [-0.25, -0.2) is 9.50 Å². The molecule has 2 aromatic carbocycles. The summed E-state index contributed by atoms with van der Waals surface area (Å²) in [5, 5.41) is 5.86. The summed E-state index contributed by atoms with van der Waals surface area (Å²) in [5.41, 5.74) is 4.70. The molecular formula is C22H17N3O4S. The third kappa shape index (κ3) is 2.64. The van der Waals surface area contributed by atoms with Crippen LogP contribution in [0.5, 0.6) is 16.7 Å². The van der Waals surface area contributed by atoms with Crippen LogP contribution in [0.15, 0.2) is 47.0 Å². The number of aryl methyl sites for hydroxylation is 1. The molecule has 5 aromatic rings. The second kappa shape index (κ2) is 6.50. The van der Waals surface area contributed by atoms with E-state index in [0.29, 0.717) is 46.9 Å². The van der Waals surface area contributed by atoms with Crippen molar-refractivity contribution in [2.75, 3.05) is 20.3 Å². The molecule has 0 spiro atoms. The molecule has 8 heteroatoms. The number of benzene rings is 2. The lowest BCUT2D eigenvalue weighted by Crippen LogP contribution is -2.15. The van der Waals surface area contributed by atoms with Gasteiger partial charge in [0.05, 0.1) is 13.3 Å². The summed E-state index contributed by atoms with van der Waals surface area (Å²) in [7, 11) is 1.59. The van der Waals surface area contributed by atoms with Crippen molar-refractivity contribution in [1.82, 2.24) is 14.6 Å². The second-order valence-corrected chi connectivity index (χ2v) is 8.01. The number of furan rings is 1. The molecule has 0 fully saturated rings. The molecule has 1 aliphatic heterocycles. The molecule has 3 aromatic heterocycles. The third-order valence-corrected chi connectivity index (χ3v) is 6.01. The van der Waals surface area contributed by atoms with Gasteiger partial charge in [0.25, 0.3) is 5.19 Å². The number of hydrogen-bond donors (Lipinski definition) is 0. The lowest BCUT2D eigenvalue weighted by molar-refractivity contribution is 0.172. The number of imidazole rings is 1. The second-order valence-electron chi connectivity index (χ2n) is 7.09. The van der Waals surface area contributed by atoms with Crippen LogP contribution in [-0.4, -0.2) is 34.9 Å². The molecule has 4 heterocycles. The minimum atomic E-state index is 0.492. The number of ether oxygens (including phenoxy) is 3. The van der Waals surface area contributed by atoms with Gasteiger partial charge in [-0.2, -0.15) is 0 Å². The number of nitrogens with zero attached hydrogens (tertiary/aromatic N) is 3. The Morgan fingerprint density at radius 3 is 2.73 bits per heavy atom. The fourth-order valence-electron chi connectivity index (χ4n) is 3.67. The van der Waals surface area contributed by atoms with E-state index in [9.17, 15) is 0 Å². The first-order valence-corrected chi connectivity index (χ1v) is 10.3. The summed E-state index contributed by atoms with van der Waals surface area (Å²) in [6.45, 7) is 3.09. The molecular weight excluding hydrogens is 402 g/mol. The van der Waals surface area contributed by atoms with Crippen LogP contribution in [0.4, 0.5) is 0 Å². The van der Waals surface area contributed by atoms with E-state index in [0.717, 1.165) is 21.5 Å². The van der Waals surface area contributed by atoms with Crippen LogP contribution in [0, 0.1) is 6.92 Å². The summed E-state index contributed by atoms with van der Waals surface area (Å²) in [6, 6.07) is 12.4. The Morgan fingerprint density at radius 1 is 1.10 bits per heavy atom. The van der Waals surface area contributed by atoms with Crippen molar-refractivity contribution in [2.24, 2.45) is 0 Å². The Bertz CT molecular complexity index is 1370. The average molecular weight is 419 g/mol. The topological polar surface area (TPSA) is 71.0 Å². The molecule has 0 aliphatic carbocycles. The fourth-order valence-corrected chi connectivity index (χ4v) is 4.37. The van der Waals surface area contributed by atoms with Gasteiger partial charge in [-0.15, -0.1) is 5.10 Å². The molecule has 0 bridgehead atoms. The van der Waals surface area contributed by atoms with Crippen molar-refractivity contribution in [2.45, 2.75) is 6.92 Å². The third-order valence-electron chi connectivity index (χ3n) is 5.13. The minimum absolute atomic E-state index is 0.492. The first-order chi connectivity index (χ1) is 14.7. The van der Waals surface area contributed by atoms with E-state index in [1.165, 1.54) is 16.9 Å². The van der Waals surface area contributed by atoms with Crippen molar-refractivity contribution in [3.05, 3.63) is 48.2 Å². The average Bonchev–Trinajstić information content (AvgIpc) is 3.46. The maximum atomic E-state index is 6.26. The molecule has 6 rings (SSSR count). The van der Waals surface area contributed by atoms with Crippen LogP contribution in [0.25, 0.3) is 38.5 Å². The monoisotopic (exact) mass is 419 g/mol. The zero-order valence-electron chi connectivity index (χ0n) is 16.3. The summed E-state index contributed by atoms with van der Waals surface area (Å²) in [4.78, 5) is 5.38. The molecule has 0 atom stereocenters.